The molecule has 0 spiro atoms. The van der Waals surface area contributed by atoms with Crippen molar-refractivity contribution in [1.82, 2.24) is 9.55 Å². The van der Waals surface area contributed by atoms with E-state index in [-0.39, 0.29) is 0 Å². The Labute approximate surface area is 155 Å². The molecule has 3 heteroatoms. The molecule has 3 aromatic carbocycles. The van der Waals surface area contributed by atoms with Crippen LogP contribution in [0.25, 0.3) is 0 Å². The first-order chi connectivity index (χ1) is 12.9. The fraction of sp³-hybridized carbons (Fsp3) is 0.0870. The summed E-state index contributed by atoms with van der Waals surface area (Å²) in [5.74, 6) is 0. The van der Waals surface area contributed by atoms with E-state index in [1.165, 1.54) is 15.9 Å². The Morgan fingerprint density at radius 2 is 1.12 bits per heavy atom. The lowest BCUT2D eigenvalue weighted by molar-refractivity contribution is 0.767. The molecule has 0 atom stereocenters. The molecule has 0 N–H and O–H groups in total. The number of imidazole rings is 1. The van der Waals surface area contributed by atoms with Crippen molar-refractivity contribution in [1.29, 1.82) is 0 Å². The molecule has 4 rings (SSSR count). The maximum Gasteiger partial charge on any atom is 0.113 e. The van der Waals surface area contributed by atoms with Gasteiger partial charge in [-0.05, 0) is 36.4 Å². The maximum atomic E-state index is 4.22. The summed E-state index contributed by atoms with van der Waals surface area (Å²) in [6.07, 6.45) is 6.89. The number of aromatic nitrogens is 2. The molecule has 0 saturated heterocycles. The van der Waals surface area contributed by atoms with Gasteiger partial charge < -0.3 is 4.57 Å². The van der Waals surface area contributed by atoms with Crippen molar-refractivity contribution < 1.29 is 0 Å². The Hall–Kier alpha value is -2.70. The lowest BCUT2D eigenvalue weighted by Gasteiger charge is -2.27. The smallest absolute Gasteiger partial charge is 0.113 e. The average molecular weight is 357 g/mol. The minimum Gasteiger partial charge on any atom is -0.334 e. The van der Waals surface area contributed by atoms with Crippen molar-refractivity contribution in [3.05, 3.63) is 110 Å². The molecular formula is C23H22N2P+. The van der Waals surface area contributed by atoms with Gasteiger partial charge in [-0.2, -0.15) is 0 Å². The van der Waals surface area contributed by atoms with Crippen molar-refractivity contribution in [2.45, 2.75) is 6.54 Å². The predicted octanol–water partition coefficient (Wildman–Crippen LogP) is 3.88. The highest BCUT2D eigenvalue weighted by atomic mass is 31.2. The quantitative estimate of drug-likeness (QED) is 0.479. The highest BCUT2D eigenvalue weighted by Crippen LogP contribution is 2.55. The van der Waals surface area contributed by atoms with E-state index in [4.69, 9.17) is 0 Å². The van der Waals surface area contributed by atoms with Crippen LogP contribution in [0.4, 0.5) is 0 Å². The Bertz CT molecular complexity index is 823. The predicted molar refractivity (Wildman–Crippen MR) is 112 cm³/mol. The Morgan fingerprint density at radius 1 is 0.654 bits per heavy atom. The van der Waals surface area contributed by atoms with E-state index in [1.54, 1.807) is 0 Å². The Morgan fingerprint density at radius 3 is 1.50 bits per heavy atom. The zero-order chi connectivity index (χ0) is 17.7. The topological polar surface area (TPSA) is 17.8 Å². The number of nitrogens with zero attached hydrogens (tertiary/aromatic N) is 2. The minimum absolute atomic E-state index is 0.951. The zero-order valence-electron chi connectivity index (χ0n) is 14.6. The molecule has 128 valence electrons. The second-order valence-electron chi connectivity index (χ2n) is 6.34. The van der Waals surface area contributed by atoms with Gasteiger partial charge in [0, 0.05) is 12.4 Å². The van der Waals surface area contributed by atoms with E-state index < -0.39 is 7.26 Å². The van der Waals surface area contributed by atoms with Crippen molar-refractivity contribution in [3.8, 4) is 0 Å². The van der Waals surface area contributed by atoms with Gasteiger partial charge in [-0.1, -0.05) is 54.6 Å². The zero-order valence-corrected chi connectivity index (χ0v) is 15.5. The standard InChI is InChI=1S/C23H22N2P/c1-4-10-21(11-5-1)26(22-12-6-2-7-13-22,23-14-8-3-9-15-23)19-18-25-17-16-24-20-25/h1-17,20H,18-19H2/q+1. The van der Waals surface area contributed by atoms with Crippen molar-refractivity contribution >= 4 is 23.2 Å². The molecule has 0 amide bonds. The minimum atomic E-state index is -1.74. The molecule has 1 heterocycles. The van der Waals surface area contributed by atoms with Crippen LogP contribution in [-0.4, -0.2) is 15.7 Å². The fourth-order valence-electron chi connectivity index (χ4n) is 3.57. The molecule has 2 nitrogen and oxygen atoms in total. The molecule has 4 aromatic rings. The van der Waals surface area contributed by atoms with Crippen LogP contribution >= 0.6 is 7.26 Å². The van der Waals surface area contributed by atoms with E-state index in [0.29, 0.717) is 0 Å². The van der Waals surface area contributed by atoms with E-state index in [1.807, 2.05) is 12.5 Å². The van der Waals surface area contributed by atoms with Gasteiger partial charge in [0.25, 0.3) is 0 Å². The maximum absolute atomic E-state index is 4.22. The summed E-state index contributed by atoms with van der Waals surface area (Å²) in [6.45, 7) is 0.951. The van der Waals surface area contributed by atoms with Crippen LogP contribution in [-0.2, 0) is 6.54 Å². The molecule has 1 aromatic heterocycles. The Kier molecular flexibility index (Phi) is 4.95. The number of benzene rings is 3. The van der Waals surface area contributed by atoms with Gasteiger partial charge in [-0.25, -0.2) is 4.98 Å². The van der Waals surface area contributed by atoms with Crippen LogP contribution in [0.3, 0.4) is 0 Å². The SMILES string of the molecule is c1ccc([P+](CCn2ccnc2)(c2ccccc2)c2ccccc2)cc1. The average Bonchev–Trinajstić information content (AvgIpc) is 3.25. The van der Waals surface area contributed by atoms with Crippen molar-refractivity contribution in [2.24, 2.45) is 0 Å². The van der Waals surface area contributed by atoms with E-state index in [0.717, 1.165) is 12.7 Å². The summed E-state index contributed by atoms with van der Waals surface area (Å²) in [5, 5.41) is 4.28. The summed E-state index contributed by atoms with van der Waals surface area (Å²) in [5.41, 5.74) is 0. The lowest BCUT2D eigenvalue weighted by atomic mass is 10.4. The van der Waals surface area contributed by atoms with Gasteiger partial charge in [0.15, 0.2) is 0 Å². The van der Waals surface area contributed by atoms with Crippen LogP contribution in [0, 0.1) is 0 Å². The van der Waals surface area contributed by atoms with Gasteiger partial charge in [0.1, 0.15) is 23.2 Å². The molecule has 0 saturated carbocycles. The summed E-state index contributed by atoms with van der Waals surface area (Å²) < 4.78 is 2.18. The van der Waals surface area contributed by atoms with Crippen molar-refractivity contribution in [3.63, 3.8) is 0 Å². The third-order valence-electron chi connectivity index (χ3n) is 4.84. The van der Waals surface area contributed by atoms with Crippen LogP contribution < -0.4 is 15.9 Å². The molecule has 26 heavy (non-hydrogen) atoms. The number of hydrogen-bond donors (Lipinski definition) is 0. The fourth-order valence-corrected chi connectivity index (χ4v) is 7.81. The molecule has 0 aliphatic carbocycles. The summed E-state index contributed by atoms with van der Waals surface area (Å²) in [6, 6.07) is 33.0. The molecule has 0 radical (unpaired) electrons. The first-order valence-corrected chi connectivity index (χ1v) is 10.9. The monoisotopic (exact) mass is 357 g/mol. The highest BCUT2D eigenvalue weighted by Gasteiger charge is 2.44. The molecule has 0 unspecified atom stereocenters. The van der Waals surface area contributed by atoms with Crippen LogP contribution in [0.2, 0.25) is 0 Å². The molecule has 0 aliphatic heterocycles. The van der Waals surface area contributed by atoms with E-state index in [9.17, 15) is 0 Å². The third-order valence-corrected chi connectivity index (χ3v) is 9.25. The largest absolute Gasteiger partial charge is 0.334 e. The second kappa shape index (κ2) is 7.68. The molecule has 0 fully saturated rings. The van der Waals surface area contributed by atoms with Gasteiger partial charge in [-0.3, -0.25) is 0 Å². The highest BCUT2D eigenvalue weighted by molar-refractivity contribution is 7.95. The second-order valence-corrected chi connectivity index (χ2v) is 9.96. The van der Waals surface area contributed by atoms with Crippen LogP contribution in [0.5, 0.6) is 0 Å². The summed E-state index contributed by atoms with van der Waals surface area (Å²) in [7, 11) is -1.74. The van der Waals surface area contributed by atoms with Gasteiger partial charge in [0.2, 0.25) is 0 Å². The van der Waals surface area contributed by atoms with Crippen LogP contribution in [0.1, 0.15) is 0 Å². The number of rotatable bonds is 6. The lowest BCUT2D eigenvalue weighted by Crippen LogP contribution is -2.34. The molecular weight excluding hydrogens is 335 g/mol. The first-order valence-electron chi connectivity index (χ1n) is 8.90. The summed E-state index contributed by atoms with van der Waals surface area (Å²) >= 11 is 0. The van der Waals surface area contributed by atoms with Gasteiger partial charge >= 0.3 is 0 Å². The summed E-state index contributed by atoms with van der Waals surface area (Å²) in [4.78, 5) is 4.22. The van der Waals surface area contributed by atoms with E-state index in [2.05, 4.69) is 107 Å². The van der Waals surface area contributed by atoms with Crippen molar-refractivity contribution in [2.75, 3.05) is 6.16 Å². The number of aryl methyl sites for hydroxylation is 1. The third kappa shape index (κ3) is 3.21. The van der Waals surface area contributed by atoms with Gasteiger partial charge in [0.05, 0.1) is 19.0 Å². The molecule has 0 aliphatic rings. The van der Waals surface area contributed by atoms with Gasteiger partial charge in [-0.15, -0.1) is 0 Å². The normalized spacial score (nSPS) is 11.4. The first kappa shape index (κ1) is 16.8. The van der Waals surface area contributed by atoms with Crippen LogP contribution in [0.15, 0.2) is 110 Å². The number of hydrogen-bond acceptors (Lipinski definition) is 1. The Balaban J connectivity index is 1.90. The van der Waals surface area contributed by atoms with E-state index >= 15 is 0 Å². The molecule has 0 bridgehead atoms.